The van der Waals surface area contributed by atoms with Crippen LogP contribution in [0.4, 0.5) is 4.79 Å². The van der Waals surface area contributed by atoms with Gasteiger partial charge in [-0.2, -0.15) is 0 Å². The summed E-state index contributed by atoms with van der Waals surface area (Å²) in [7, 11) is 0. The second kappa shape index (κ2) is 5.77. The molecule has 0 bridgehead atoms. The Hall–Kier alpha value is -1.30. The van der Waals surface area contributed by atoms with Gasteiger partial charge in [0, 0.05) is 25.7 Å². The third kappa shape index (κ3) is 3.37. The maximum atomic E-state index is 12.1. The summed E-state index contributed by atoms with van der Waals surface area (Å²) in [6.07, 6.45) is 1.81. The van der Waals surface area contributed by atoms with Crippen LogP contribution in [-0.4, -0.2) is 53.8 Å². The molecular formula is C13H22N2O4. The van der Waals surface area contributed by atoms with Gasteiger partial charge in [0.05, 0.1) is 12.0 Å². The standard InChI is InChI=1S/C13H22N2O4/c1-8-6-15(7-11(8)12(16)17)13(18)14-10-3-4-19-9(2)5-10/h8-11H,3-7H2,1-2H3,(H,14,18)(H,16,17)/t8-,9?,10?,11-/m1/s1. The molecule has 2 N–H and O–H groups in total. The number of ether oxygens (including phenoxy) is 1. The van der Waals surface area contributed by atoms with Crippen molar-refractivity contribution in [3.8, 4) is 0 Å². The zero-order valence-corrected chi connectivity index (χ0v) is 11.5. The zero-order valence-electron chi connectivity index (χ0n) is 11.5. The van der Waals surface area contributed by atoms with Gasteiger partial charge in [0.2, 0.25) is 0 Å². The highest BCUT2D eigenvalue weighted by molar-refractivity contribution is 5.77. The lowest BCUT2D eigenvalue weighted by Crippen LogP contribution is -2.47. The van der Waals surface area contributed by atoms with Crippen LogP contribution in [0.2, 0.25) is 0 Å². The van der Waals surface area contributed by atoms with Crippen LogP contribution in [0, 0.1) is 11.8 Å². The number of hydrogen-bond acceptors (Lipinski definition) is 3. The number of hydrogen-bond donors (Lipinski definition) is 2. The van der Waals surface area contributed by atoms with Crippen molar-refractivity contribution in [3.05, 3.63) is 0 Å². The van der Waals surface area contributed by atoms with Crippen molar-refractivity contribution in [2.24, 2.45) is 11.8 Å². The maximum Gasteiger partial charge on any atom is 0.317 e. The molecule has 2 aliphatic rings. The third-order valence-electron chi connectivity index (χ3n) is 4.03. The molecule has 0 saturated carbocycles. The van der Waals surface area contributed by atoms with Crippen molar-refractivity contribution in [1.29, 1.82) is 0 Å². The molecule has 6 nitrogen and oxygen atoms in total. The van der Waals surface area contributed by atoms with Crippen LogP contribution in [0.3, 0.4) is 0 Å². The highest BCUT2D eigenvalue weighted by atomic mass is 16.5. The van der Waals surface area contributed by atoms with Gasteiger partial charge in [0.15, 0.2) is 0 Å². The van der Waals surface area contributed by atoms with Crippen LogP contribution in [0.25, 0.3) is 0 Å². The Morgan fingerprint density at radius 2 is 2.05 bits per heavy atom. The first-order valence-electron chi connectivity index (χ1n) is 6.87. The van der Waals surface area contributed by atoms with E-state index in [0.29, 0.717) is 19.7 Å². The molecule has 0 aromatic heterocycles. The molecule has 108 valence electrons. The van der Waals surface area contributed by atoms with Gasteiger partial charge in [0.25, 0.3) is 0 Å². The molecule has 0 aromatic carbocycles. The predicted octanol–water partition coefficient (Wildman–Crippen LogP) is 0.916. The van der Waals surface area contributed by atoms with Gasteiger partial charge in [-0.05, 0) is 25.7 Å². The fourth-order valence-corrected chi connectivity index (χ4v) is 2.85. The average molecular weight is 270 g/mol. The fraction of sp³-hybridized carbons (Fsp3) is 0.846. The highest BCUT2D eigenvalue weighted by Crippen LogP contribution is 2.23. The number of carboxylic acids is 1. The molecule has 6 heteroatoms. The molecular weight excluding hydrogens is 248 g/mol. The Morgan fingerprint density at radius 1 is 1.32 bits per heavy atom. The second-order valence-electron chi connectivity index (χ2n) is 5.68. The third-order valence-corrected chi connectivity index (χ3v) is 4.03. The number of amides is 2. The topological polar surface area (TPSA) is 78.9 Å². The number of rotatable bonds is 2. The minimum Gasteiger partial charge on any atom is -0.481 e. The second-order valence-corrected chi connectivity index (χ2v) is 5.68. The van der Waals surface area contributed by atoms with E-state index in [2.05, 4.69) is 5.32 Å². The lowest BCUT2D eigenvalue weighted by atomic mass is 9.99. The van der Waals surface area contributed by atoms with Gasteiger partial charge in [-0.25, -0.2) is 4.79 Å². The Morgan fingerprint density at radius 3 is 2.63 bits per heavy atom. The minimum absolute atomic E-state index is 0.0110. The van der Waals surface area contributed by atoms with E-state index in [-0.39, 0.29) is 24.1 Å². The molecule has 2 aliphatic heterocycles. The summed E-state index contributed by atoms with van der Waals surface area (Å²) in [4.78, 5) is 24.8. The first kappa shape index (κ1) is 14.1. The maximum absolute atomic E-state index is 12.1. The van der Waals surface area contributed by atoms with Crippen molar-refractivity contribution in [1.82, 2.24) is 10.2 Å². The predicted molar refractivity (Wildman–Crippen MR) is 68.8 cm³/mol. The van der Waals surface area contributed by atoms with Crippen LogP contribution in [0.1, 0.15) is 26.7 Å². The van der Waals surface area contributed by atoms with E-state index in [1.807, 2.05) is 13.8 Å². The molecule has 2 unspecified atom stereocenters. The first-order chi connectivity index (χ1) is 8.97. The summed E-state index contributed by atoms with van der Waals surface area (Å²) in [6.45, 7) is 5.36. The van der Waals surface area contributed by atoms with Crippen molar-refractivity contribution >= 4 is 12.0 Å². The molecule has 2 amide bonds. The number of carbonyl (C=O) groups excluding carboxylic acids is 1. The number of urea groups is 1. The fourth-order valence-electron chi connectivity index (χ4n) is 2.85. The smallest absolute Gasteiger partial charge is 0.317 e. The lowest BCUT2D eigenvalue weighted by molar-refractivity contribution is -0.142. The lowest BCUT2D eigenvalue weighted by Gasteiger charge is -2.29. The molecule has 2 rings (SSSR count). The molecule has 0 radical (unpaired) electrons. The Labute approximate surface area is 113 Å². The van der Waals surface area contributed by atoms with Gasteiger partial charge >= 0.3 is 12.0 Å². The van der Waals surface area contributed by atoms with Crippen LogP contribution < -0.4 is 5.32 Å². The monoisotopic (exact) mass is 270 g/mol. The van der Waals surface area contributed by atoms with Crippen molar-refractivity contribution in [2.75, 3.05) is 19.7 Å². The molecule has 2 fully saturated rings. The highest BCUT2D eigenvalue weighted by Gasteiger charge is 2.37. The summed E-state index contributed by atoms with van der Waals surface area (Å²) in [5.41, 5.74) is 0. The van der Waals surface area contributed by atoms with Crippen LogP contribution >= 0.6 is 0 Å². The number of likely N-dealkylation sites (tertiary alicyclic amines) is 1. The zero-order chi connectivity index (χ0) is 14.0. The number of carboxylic acid groups (broad SMARTS) is 1. The molecule has 2 saturated heterocycles. The Bertz CT molecular complexity index is 361. The van der Waals surface area contributed by atoms with Crippen molar-refractivity contribution < 1.29 is 19.4 Å². The number of aliphatic carboxylic acids is 1. The molecule has 0 aliphatic carbocycles. The largest absolute Gasteiger partial charge is 0.481 e. The van der Waals surface area contributed by atoms with E-state index >= 15 is 0 Å². The van der Waals surface area contributed by atoms with Crippen LogP contribution in [-0.2, 0) is 9.53 Å². The van der Waals surface area contributed by atoms with E-state index < -0.39 is 11.9 Å². The molecule has 0 aromatic rings. The summed E-state index contributed by atoms with van der Waals surface area (Å²) in [5, 5.41) is 12.0. The SMILES string of the molecule is CC1CC(NC(=O)N2C[C@@H](C)[C@H](C(=O)O)C2)CCO1. The van der Waals surface area contributed by atoms with Gasteiger partial charge in [0.1, 0.15) is 0 Å². The van der Waals surface area contributed by atoms with Crippen LogP contribution in [0.5, 0.6) is 0 Å². The number of nitrogens with one attached hydrogen (secondary N) is 1. The van der Waals surface area contributed by atoms with Gasteiger partial charge in [-0.3, -0.25) is 4.79 Å². The summed E-state index contributed by atoms with van der Waals surface area (Å²) in [5.74, 6) is -1.25. The molecule has 19 heavy (non-hydrogen) atoms. The van der Waals surface area contributed by atoms with E-state index in [1.165, 1.54) is 0 Å². The molecule has 2 heterocycles. The molecule has 0 spiro atoms. The Kier molecular flexibility index (Phi) is 4.29. The number of nitrogens with zero attached hydrogens (tertiary/aromatic N) is 1. The van der Waals surface area contributed by atoms with E-state index in [0.717, 1.165) is 12.8 Å². The summed E-state index contributed by atoms with van der Waals surface area (Å²) in [6, 6.07) is -0.00914. The minimum atomic E-state index is -0.817. The van der Waals surface area contributed by atoms with Crippen molar-refractivity contribution in [2.45, 2.75) is 38.8 Å². The van der Waals surface area contributed by atoms with E-state index in [4.69, 9.17) is 9.84 Å². The van der Waals surface area contributed by atoms with Gasteiger partial charge < -0.3 is 20.1 Å². The summed E-state index contributed by atoms with van der Waals surface area (Å²) < 4.78 is 5.44. The van der Waals surface area contributed by atoms with E-state index in [1.54, 1.807) is 4.90 Å². The normalized spacial score (nSPS) is 35.2. The van der Waals surface area contributed by atoms with Gasteiger partial charge in [-0.15, -0.1) is 0 Å². The van der Waals surface area contributed by atoms with Crippen LogP contribution in [0.15, 0.2) is 0 Å². The first-order valence-corrected chi connectivity index (χ1v) is 6.87. The Balaban J connectivity index is 1.85. The van der Waals surface area contributed by atoms with Crippen molar-refractivity contribution in [3.63, 3.8) is 0 Å². The quantitative estimate of drug-likeness (QED) is 0.782. The average Bonchev–Trinajstić information content (AvgIpc) is 2.71. The summed E-state index contributed by atoms with van der Waals surface area (Å²) >= 11 is 0. The molecule has 4 atom stereocenters. The number of carbonyl (C=O) groups is 2. The van der Waals surface area contributed by atoms with Gasteiger partial charge in [-0.1, -0.05) is 6.92 Å². The van der Waals surface area contributed by atoms with E-state index in [9.17, 15) is 9.59 Å².